The Balaban J connectivity index is 1.70. The molecule has 0 saturated heterocycles. The van der Waals surface area contributed by atoms with Gasteiger partial charge in [0, 0.05) is 14.6 Å². The van der Waals surface area contributed by atoms with Crippen molar-refractivity contribution in [1.29, 1.82) is 0 Å². The molecule has 2 aliphatic rings. The van der Waals surface area contributed by atoms with Crippen molar-refractivity contribution in [3.63, 3.8) is 0 Å². The Morgan fingerprint density at radius 1 is 0.471 bits per heavy atom. The van der Waals surface area contributed by atoms with Crippen LogP contribution in [0.25, 0.3) is 11.1 Å². The van der Waals surface area contributed by atoms with Crippen molar-refractivity contribution in [3.8, 4) is 11.1 Å². The first-order chi connectivity index (χ1) is 16.7. The largest absolute Gasteiger partial charge is 0.310 e. The highest BCUT2D eigenvalue weighted by Gasteiger charge is 2.51. The highest BCUT2D eigenvalue weighted by Crippen LogP contribution is 2.63. The first kappa shape index (κ1) is 20.3. The van der Waals surface area contributed by atoms with Crippen LogP contribution in [0.2, 0.25) is 0 Å². The third-order valence-corrected chi connectivity index (χ3v) is 8.16. The van der Waals surface area contributed by atoms with E-state index in [-0.39, 0.29) is 0 Å². The zero-order valence-corrected chi connectivity index (χ0v) is 21.3. The van der Waals surface area contributed by atoms with Crippen molar-refractivity contribution in [2.75, 3.05) is 4.90 Å². The van der Waals surface area contributed by atoms with E-state index < -0.39 is 5.41 Å². The van der Waals surface area contributed by atoms with Gasteiger partial charge in [0.05, 0.1) is 16.8 Å². The summed E-state index contributed by atoms with van der Waals surface area (Å²) in [6.07, 6.45) is 0. The lowest BCUT2D eigenvalue weighted by molar-refractivity contribution is 0.751. The van der Waals surface area contributed by atoms with Gasteiger partial charge < -0.3 is 4.90 Å². The van der Waals surface area contributed by atoms with Crippen molar-refractivity contribution in [1.82, 2.24) is 0 Å². The molecule has 34 heavy (non-hydrogen) atoms. The lowest BCUT2D eigenvalue weighted by Gasteiger charge is -2.45. The van der Waals surface area contributed by atoms with Gasteiger partial charge in [-0.1, -0.05) is 98.6 Å². The molecule has 0 bridgehead atoms. The third kappa shape index (κ3) is 2.60. The Morgan fingerprint density at radius 2 is 0.941 bits per heavy atom. The highest BCUT2D eigenvalue weighted by molar-refractivity contribution is 9.10. The molecule has 0 fully saturated rings. The summed E-state index contributed by atoms with van der Waals surface area (Å²) in [5.41, 5.74) is 11.0. The predicted octanol–water partition coefficient (Wildman–Crippen LogP) is 9.36. The molecule has 0 atom stereocenters. The van der Waals surface area contributed by atoms with E-state index >= 15 is 0 Å². The zero-order chi connectivity index (χ0) is 22.9. The molecule has 7 rings (SSSR count). The number of fused-ring (bicyclic) bond motifs is 9. The van der Waals surface area contributed by atoms with Crippen LogP contribution in [0, 0.1) is 0 Å². The average Bonchev–Trinajstić information content (AvgIpc) is 3.17. The summed E-state index contributed by atoms with van der Waals surface area (Å²) in [6, 6.07) is 41.9. The number of hydrogen-bond donors (Lipinski definition) is 0. The third-order valence-electron chi connectivity index (χ3n) is 7.17. The van der Waals surface area contributed by atoms with Gasteiger partial charge in [-0.2, -0.15) is 0 Å². The Labute approximate surface area is 216 Å². The van der Waals surface area contributed by atoms with Gasteiger partial charge >= 0.3 is 0 Å². The Bertz CT molecular complexity index is 1490. The van der Waals surface area contributed by atoms with Crippen molar-refractivity contribution in [3.05, 3.63) is 146 Å². The van der Waals surface area contributed by atoms with Gasteiger partial charge in [-0.15, -0.1) is 0 Å². The van der Waals surface area contributed by atoms with Crippen molar-refractivity contribution in [2.45, 2.75) is 5.41 Å². The van der Waals surface area contributed by atoms with E-state index in [1.165, 1.54) is 44.8 Å². The molecule has 0 amide bonds. The molecule has 0 saturated carbocycles. The number of anilines is 3. The Hall–Kier alpha value is -3.14. The molecular formula is C31H19Br2N. The van der Waals surface area contributed by atoms with E-state index in [0.29, 0.717) is 0 Å². The lowest BCUT2D eigenvalue weighted by atomic mass is 9.64. The lowest BCUT2D eigenvalue weighted by Crippen LogP contribution is -2.36. The van der Waals surface area contributed by atoms with Gasteiger partial charge in [-0.3, -0.25) is 0 Å². The first-order valence-corrected chi connectivity index (χ1v) is 12.9. The van der Waals surface area contributed by atoms with Crippen LogP contribution in [0.1, 0.15) is 22.3 Å². The molecule has 3 heteroatoms. The molecule has 162 valence electrons. The Kier molecular flexibility index (Phi) is 4.42. The normalized spacial score (nSPS) is 14.4. The fraction of sp³-hybridized carbons (Fsp3) is 0.0323. The number of halogens is 2. The smallest absolute Gasteiger partial charge is 0.0755 e. The topological polar surface area (TPSA) is 3.24 Å². The molecule has 0 radical (unpaired) electrons. The molecule has 1 heterocycles. The molecule has 0 unspecified atom stereocenters. The number of benzene rings is 5. The fourth-order valence-corrected chi connectivity index (χ4v) is 6.67. The summed E-state index contributed by atoms with van der Waals surface area (Å²) < 4.78 is 2.16. The molecule has 1 spiro atoms. The van der Waals surface area contributed by atoms with E-state index in [2.05, 4.69) is 152 Å². The van der Waals surface area contributed by atoms with Gasteiger partial charge in [0.2, 0.25) is 0 Å². The number of hydrogen-bond acceptors (Lipinski definition) is 1. The van der Waals surface area contributed by atoms with Crippen LogP contribution in [0.4, 0.5) is 17.1 Å². The number of para-hydroxylation sites is 1. The summed E-state index contributed by atoms with van der Waals surface area (Å²) >= 11 is 7.61. The standard InChI is InChI=1S/C31H19Br2N/c32-20-14-16-29-27(18-20)31(25-12-6-4-10-23(25)24-11-5-7-13-26(24)31)28-19-21(33)15-17-30(28)34(29)22-8-2-1-3-9-22/h1-19H. The SMILES string of the molecule is Brc1ccc2c(c1)C1(c3ccccc3-c3ccccc31)c1cc(Br)ccc1N2c1ccccc1. The molecule has 0 N–H and O–H groups in total. The van der Waals surface area contributed by atoms with Crippen LogP contribution < -0.4 is 4.90 Å². The zero-order valence-electron chi connectivity index (χ0n) is 18.2. The molecule has 0 aromatic heterocycles. The van der Waals surface area contributed by atoms with E-state index in [4.69, 9.17) is 0 Å². The van der Waals surface area contributed by atoms with Crippen molar-refractivity contribution in [2.24, 2.45) is 0 Å². The maximum Gasteiger partial charge on any atom is 0.0755 e. The van der Waals surface area contributed by atoms with Crippen LogP contribution in [0.5, 0.6) is 0 Å². The van der Waals surface area contributed by atoms with E-state index in [1.807, 2.05) is 0 Å². The summed E-state index contributed by atoms with van der Waals surface area (Å²) in [5, 5.41) is 0. The molecule has 1 aliphatic heterocycles. The maximum atomic E-state index is 3.80. The summed E-state index contributed by atoms with van der Waals surface area (Å²) in [7, 11) is 0. The second-order valence-electron chi connectivity index (χ2n) is 8.84. The van der Waals surface area contributed by atoms with Gasteiger partial charge in [0.1, 0.15) is 0 Å². The van der Waals surface area contributed by atoms with Gasteiger partial charge in [0.15, 0.2) is 0 Å². The van der Waals surface area contributed by atoms with Gasteiger partial charge in [-0.25, -0.2) is 0 Å². The van der Waals surface area contributed by atoms with Crippen molar-refractivity contribution >= 4 is 48.9 Å². The molecular weight excluding hydrogens is 546 g/mol. The number of nitrogens with zero attached hydrogens (tertiary/aromatic N) is 1. The van der Waals surface area contributed by atoms with E-state index in [1.54, 1.807) is 0 Å². The van der Waals surface area contributed by atoms with Crippen LogP contribution in [-0.4, -0.2) is 0 Å². The monoisotopic (exact) mass is 563 g/mol. The van der Waals surface area contributed by atoms with Crippen LogP contribution in [0.3, 0.4) is 0 Å². The quantitative estimate of drug-likeness (QED) is 0.192. The van der Waals surface area contributed by atoms with Crippen molar-refractivity contribution < 1.29 is 0 Å². The van der Waals surface area contributed by atoms with Gasteiger partial charge in [-0.05, 0) is 81.9 Å². The summed E-state index contributed by atoms with van der Waals surface area (Å²) in [4.78, 5) is 2.40. The highest BCUT2D eigenvalue weighted by atomic mass is 79.9. The maximum absolute atomic E-state index is 3.80. The van der Waals surface area contributed by atoms with E-state index in [0.717, 1.165) is 14.6 Å². The first-order valence-electron chi connectivity index (χ1n) is 11.3. The minimum atomic E-state index is -0.406. The van der Waals surface area contributed by atoms with Crippen LogP contribution in [0.15, 0.2) is 124 Å². The fourth-order valence-electron chi connectivity index (χ4n) is 5.95. The summed E-state index contributed by atoms with van der Waals surface area (Å²) in [5.74, 6) is 0. The molecule has 5 aromatic rings. The van der Waals surface area contributed by atoms with Crippen LogP contribution >= 0.6 is 31.9 Å². The van der Waals surface area contributed by atoms with E-state index in [9.17, 15) is 0 Å². The second-order valence-corrected chi connectivity index (χ2v) is 10.7. The molecule has 5 aromatic carbocycles. The predicted molar refractivity (Wildman–Crippen MR) is 147 cm³/mol. The Morgan fingerprint density at radius 3 is 1.47 bits per heavy atom. The average molecular weight is 565 g/mol. The molecule has 1 nitrogen and oxygen atoms in total. The number of rotatable bonds is 1. The minimum absolute atomic E-state index is 0.406. The van der Waals surface area contributed by atoms with Crippen LogP contribution in [-0.2, 0) is 5.41 Å². The molecule has 1 aliphatic carbocycles. The van der Waals surface area contributed by atoms with Gasteiger partial charge in [0.25, 0.3) is 0 Å². The summed E-state index contributed by atoms with van der Waals surface area (Å²) in [6.45, 7) is 0. The minimum Gasteiger partial charge on any atom is -0.310 e. The second kappa shape index (κ2) is 7.43.